The highest BCUT2D eigenvalue weighted by molar-refractivity contribution is 5.84. The van der Waals surface area contributed by atoms with Gasteiger partial charge in [0, 0.05) is 12.1 Å². The van der Waals surface area contributed by atoms with Crippen molar-refractivity contribution in [1.29, 1.82) is 0 Å². The standard InChI is InChI=1S/C11H15NO3/c1-7(8-3-2-4-8)12-10-6-5-9(15-10)11(13)14/h5-8,12H,2-4H2,1H3,(H,13,14). The summed E-state index contributed by atoms with van der Waals surface area (Å²) in [6, 6.07) is 3.49. The molecule has 0 bridgehead atoms. The van der Waals surface area contributed by atoms with Gasteiger partial charge in [-0.2, -0.15) is 0 Å². The number of rotatable bonds is 4. The van der Waals surface area contributed by atoms with E-state index in [2.05, 4.69) is 12.2 Å². The minimum atomic E-state index is -1.03. The van der Waals surface area contributed by atoms with Crippen molar-refractivity contribution in [3.63, 3.8) is 0 Å². The third-order valence-corrected chi connectivity index (χ3v) is 3.04. The molecule has 2 rings (SSSR count). The number of furan rings is 1. The molecule has 2 N–H and O–H groups in total. The highest BCUT2D eigenvalue weighted by Gasteiger charge is 2.24. The lowest BCUT2D eigenvalue weighted by atomic mass is 9.80. The zero-order chi connectivity index (χ0) is 10.8. The van der Waals surface area contributed by atoms with Crippen LogP contribution < -0.4 is 5.32 Å². The summed E-state index contributed by atoms with van der Waals surface area (Å²) < 4.78 is 5.12. The molecule has 1 aromatic rings. The first kappa shape index (κ1) is 10.1. The first-order valence-corrected chi connectivity index (χ1v) is 5.26. The molecule has 1 aliphatic carbocycles. The zero-order valence-corrected chi connectivity index (χ0v) is 8.69. The monoisotopic (exact) mass is 209 g/mol. The minimum Gasteiger partial charge on any atom is -0.475 e. The Labute approximate surface area is 88.3 Å². The molecule has 0 radical (unpaired) electrons. The van der Waals surface area contributed by atoms with Crippen LogP contribution in [0, 0.1) is 5.92 Å². The van der Waals surface area contributed by atoms with Crippen molar-refractivity contribution in [3.05, 3.63) is 17.9 Å². The molecule has 1 fully saturated rings. The van der Waals surface area contributed by atoms with Crippen LogP contribution in [-0.4, -0.2) is 17.1 Å². The van der Waals surface area contributed by atoms with Gasteiger partial charge in [0.05, 0.1) is 0 Å². The fourth-order valence-electron chi connectivity index (χ4n) is 1.81. The Balaban J connectivity index is 1.94. The summed E-state index contributed by atoms with van der Waals surface area (Å²) >= 11 is 0. The van der Waals surface area contributed by atoms with Crippen LogP contribution in [0.25, 0.3) is 0 Å². The average Bonchev–Trinajstić information content (AvgIpc) is 2.48. The van der Waals surface area contributed by atoms with Crippen LogP contribution in [0.4, 0.5) is 5.88 Å². The van der Waals surface area contributed by atoms with Crippen molar-refractivity contribution in [3.8, 4) is 0 Å². The van der Waals surface area contributed by atoms with E-state index in [-0.39, 0.29) is 5.76 Å². The number of carbonyl (C=O) groups is 1. The molecule has 4 nitrogen and oxygen atoms in total. The number of hydrogen-bond donors (Lipinski definition) is 2. The van der Waals surface area contributed by atoms with Crippen LogP contribution in [0.3, 0.4) is 0 Å². The highest BCUT2D eigenvalue weighted by atomic mass is 16.4. The van der Waals surface area contributed by atoms with Gasteiger partial charge >= 0.3 is 5.97 Å². The second-order valence-corrected chi connectivity index (χ2v) is 4.09. The number of hydrogen-bond acceptors (Lipinski definition) is 3. The SMILES string of the molecule is CC(Nc1ccc(C(=O)O)o1)C1CCC1. The van der Waals surface area contributed by atoms with Gasteiger partial charge in [-0.15, -0.1) is 0 Å². The Morgan fingerprint density at radius 3 is 2.80 bits per heavy atom. The third kappa shape index (κ3) is 2.14. The van der Waals surface area contributed by atoms with E-state index in [4.69, 9.17) is 9.52 Å². The number of nitrogens with one attached hydrogen (secondary N) is 1. The molecule has 1 saturated carbocycles. The van der Waals surface area contributed by atoms with Crippen LogP contribution in [0.2, 0.25) is 0 Å². The Morgan fingerprint density at radius 1 is 1.60 bits per heavy atom. The molecule has 15 heavy (non-hydrogen) atoms. The molecule has 0 amide bonds. The molecule has 1 heterocycles. The van der Waals surface area contributed by atoms with E-state index in [1.807, 2.05) is 0 Å². The van der Waals surface area contributed by atoms with Gasteiger partial charge in [-0.3, -0.25) is 0 Å². The Kier molecular flexibility index (Phi) is 2.66. The van der Waals surface area contributed by atoms with Crippen molar-refractivity contribution >= 4 is 11.9 Å². The van der Waals surface area contributed by atoms with Crippen LogP contribution in [0.5, 0.6) is 0 Å². The van der Waals surface area contributed by atoms with Crippen molar-refractivity contribution in [2.45, 2.75) is 32.2 Å². The fraction of sp³-hybridized carbons (Fsp3) is 0.545. The summed E-state index contributed by atoms with van der Waals surface area (Å²) in [6.45, 7) is 2.10. The first-order valence-electron chi connectivity index (χ1n) is 5.26. The van der Waals surface area contributed by atoms with Gasteiger partial charge < -0.3 is 14.8 Å². The van der Waals surface area contributed by atoms with E-state index in [9.17, 15) is 4.79 Å². The molecule has 4 heteroatoms. The van der Waals surface area contributed by atoms with E-state index >= 15 is 0 Å². The largest absolute Gasteiger partial charge is 0.475 e. The summed E-state index contributed by atoms with van der Waals surface area (Å²) in [5.74, 6) is 0.202. The van der Waals surface area contributed by atoms with Gasteiger partial charge in [0.15, 0.2) is 5.88 Å². The van der Waals surface area contributed by atoms with Crippen LogP contribution >= 0.6 is 0 Å². The Hall–Kier alpha value is -1.45. The summed E-state index contributed by atoms with van der Waals surface area (Å²) in [5, 5.41) is 11.9. The van der Waals surface area contributed by atoms with Gasteiger partial charge in [-0.05, 0) is 31.7 Å². The molecule has 0 saturated heterocycles. The molecule has 1 aromatic heterocycles. The lowest BCUT2D eigenvalue weighted by molar-refractivity contribution is 0.0663. The maximum atomic E-state index is 10.6. The number of aromatic carboxylic acids is 1. The van der Waals surface area contributed by atoms with Crippen molar-refractivity contribution < 1.29 is 14.3 Å². The quantitative estimate of drug-likeness (QED) is 0.800. The molecule has 0 aliphatic heterocycles. The summed E-state index contributed by atoms with van der Waals surface area (Å²) in [7, 11) is 0. The van der Waals surface area contributed by atoms with Gasteiger partial charge in [0.25, 0.3) is 0 Å². The van der Waals surface area contributed by atoms with Crippen molar-refractivity contribution in [2.75, 3.05) is 5.32 Å². The van der Waals surface area contributed by atoms with Crippen LogP contribution in [0.1, 0.15) is 36.7 Å². The number of carboxylic acids is 1. The average molecular weight is 209 g/mol. The van der Waals surface area contributed by atoms with Crippen molar-refractivity contribution in [2.24, 2.45) is 5.92 Å². The minimum absolute atomic E-state index is 0.0155. The Morgan fingerprint density at radius 2 is 2.33 bits per heavy atom. The maximum absolute atomic E-state index is 10.6. The molecule has 82 valence electrons. The summed E-state index contributed by atoms with van der Waals surface area (Å²) in [5.41, 5.74) is 0. The highest BCUT2D eigenvalue weighted by Crippen LogP contribution is 2.31. The van der Waals surface area contributed by atoms with Gasteiger partial charge in [-0.1, -0.05) is 6.42 Å². The summed E-state index contributed by atoms with van der Waals surface area (Å²) in [6.07, 6.45) is 3.80. The lowest BCUT2D eigenvalue weighted by Gasteiger charge is -2.31. The fourth-order valence-corrected chi connectivity index (χ4v) is 1.81. The molecular formula is C11H15NO3. The lowest BCUT2D eigenvalue weighted by Crippen LogP contribution is -2.30. The van der Waals surface area contributed by atoms with Crippen LogP contribution in [0.15, 0.2) is 16.5 Å². The predicted molar refractivity (Wildman–Crippen MR) is 56.1 cm³/mol. The second-order valence-electron chi connectivity index (χ2n) is 4.09. The molecule has 0 aromatic carbocycles. The normalized spacial score (nSPS) is 18.2. The smallest absolute Gasteiger partial charge is 0.371 e. The van der Waals surface area contributed by atoms with Gasteiger partial charge in [0.2, 0.25) is 5.76 Å². The zero-order valence-electron chi connectivity index (χ0n) is 8.69. The predicted octanol–water partition coefficient (Wildman–Crippen LogP) is 2.58. The van der Waals surface area contributed by atoms with E-state index in [1.54, 1.807) is 6.07 Å². The second kappa shape index (κ2) is 3.96. The van der Waals surface area contributed by atoms with Gasteiger partial charge in [0.1, 0.15) is 0 Å². The first-order chi connectivity index (χ1) is 7.16. The number of carboxylic acid groups (broad SMARTS) is 1. The molecule has 1 unspecified atom stereocenters. The molecule has 0 spiro atoms. The van der Waals surface area contributed by atoms with E-state index < -0.39 is 5.97 Å². The molecular weight excluding hydrogens is 194 g/mol. The maximum Gasteiger partial charge on any atom is 0.371 e. The van der Waals surface area contributed by atoms with Crippen LogP contribution in [-0.2, 0) is 0 Å². The van der Waals surface area contributed by atoms with Crippen molar-refractivity contribution in [1.82, 2.24) is 0 Å². The summed E-state index contributed by atoms with van der Waals surface area (Å²) in [4.78, 5) is 10.6. The topological polar surface area (TPSA) is 62.5 Å². The van der Waals surface area contributed by atoms with E-state index in [1.165, 1.54) is 25.3 Å². The van der Waals surface area contributed by atoms with Gasteiger partial charge in [-0.25, -0.2) is 4.79 Å². The Bertz CT molecular complexity index is 354. The molecule has 1 aliphatic rings. The van der Waals surface area contributed by atoms with E-state index in [0.29, 0.717) is 17.8 Å². The number of anilines is 1. The van der Waals surface area contributed by atoms with E-state index in [0.717, 1.165) is 0 Å². The molecule has 1 atom stereocenters. The third-order valence-electron chi connectivity index (χ3n) is 3.04.